The third-order valence-corrected chi connectivity index (χ3v) is 7.17. The van der Waals surface area contributed by atoms with Crippen molar-refractivity contribution in [2.45, 2.75) is 43.7 Å². The van der Waals surface area contributed by atoms with Gasteiger partial charge in [0.2, 0.25) is 0 Å². The molecule has 1 N–H and O–H groups in total. The van der Waals surface area contributed by atoms with Gasteiger partial charge in [-0.15, -0.1) is 0 Å². The normalized spacial score (nSPS) is 19.9. The minimum Gasteiger partial charge on any atom is -0.351 e. The molecule has 3 aromatic carbocycles. The Morgan fingerprint density at radius 1 is 1.00 bits per heavy atom. The van der Waals surface area contributed by atoms with Crippen LogP contribution in [0, 0.1) is 10.1 Å². The van der Waals surface area contributed by atoms with Gasteiger partial charge in [-0.25, -0.2) is 0 Å². The second-order valence-electron chi connectivity index (χ2n) is 8.99. The van der Waals surface area contributed by atoms with Crippen molar-refractivity contribution in [1.29, 1.82) is 0 Å². The topological polar surface area (TPSA) is 92.5 Å². The SMILES string of the molecule is O=C1c2cc([N+](=O)[O-])ccc2C(C(=O)NC2CCCCC2)(c2ccc(Cl)cc2)N1c1ccccc1. The highest BCUT2D eigenvalue weighted by Gasteiger charge is 2.57. The molecule has 0 bridgehead atoms. The summed E-state index contributed by atoms with van der Waals surface area (Å²) >= 11 is 6.18. The van der Waals surface area contributed by atoms with Gasteiger partial charge in [-0.2, -0.15) is 0 Å². The van der Waals surface area contributed by atoms with E-state index in [9.17, 15) is 19.7 Å². The number of nitro benzene ring substituents is 1. The molecule has 0 radical (unpaired) electrons. The van der Waals surface area contributed by atoms with Crippen molar-refractivity contribution >= 4 is 34.8 Å². The molecule has 0 saturated heterocycles. The first kappa shape index (κ1) is 23.1. The standard InChI is InChI=1S/C27H24ClN3O4/c28-19-13-11-18(12-14-19)27(26(33)29-20-7-3-1-4-8-20)24-16-15-22(31(34)35)17-23(24)25(32)30(27)21-9-5-2-6-10-21/h2,5-6,9-17,20H,1,3-4,7-8H2,(H,29,33). The summed E-state index contributed by atoms with van der Waals surface area (Å²) in [6.07, 6.45) is 4.94. The van der Waals surface area contributed by atoms with E-state index >= 15 is 0 Å². The van der Waals surface area contributed by atoms with Crippen molar-refractivity contribution in [3.63, 3.8) is 0 Å². The fourth-order valence-electron chi connectivity index (χ4n) is 5.29. The van der Waals surface area contributed by atoms with E-state index < -0.39 is 16.4 Å². The number of nitro groups is 1. The van der Waals surface area contributed by atoms with E-state index in [1.807, 2.05) is 6.07 Å². The molecule has 1 heterocycles. The van der Waals surface area contributed by atoms with E-state index in [4.69, 9.17) is 11.6 Å². The number of non-ortho nitro benzene ring substituents is 1. The number of carbonyl (C=O) groups excluding carboxylic acids is 2. The van der Waals surface area contributed by atoms with Crippen LogP contribution >= 0.6 is 11.6 Å². The fourth-order valence-corrected chi connectivity index (χ4v) is 5.41. The van der Waals surface area contributed by atoms with E-state index in [2.05, 4.69) is 5.32 Å². The smallest absolute Gasteiger partial charge is 0.270 e. The van der Waals surface area contributed by atoms with Crippen LogP contribution in [0.25, 0.3) is 0 Å². The molecule has 1 aliphatic carbocycles. The van der Waals surface area contributed by atoms with E-state index in [1.54, 1.807) is 48.5 Å². The Balaban J connectivity index is 1.77. The predicted molar refractivity (Wildman–Crippen MR) is 134 cm³/mol. The highest BCUT2D eigenvalue weighted by molar-refractivity contribution is 6.30. The van der Waals surface area contributed by atoms with Crippen LogP contribution in [0.5, 0.6) is 0 Å². The zero-order chi connectivity index (χ0) is 24.6. The lowest BCUT2D eigenvalue weighted by atomic mass is 9.80. The van der Waals surface area contributed by atoms with Gasteiger partial charge in [0, 0.05) is 34.4 Å². The van der Waals surface area contributed by atoms with Gasteiger partial charge >= 0.3 is 0 Å². The van der Waals surface area contributed by atoms with Gasteiger partial charge in [0.05, 0.1) is 10.5 Å². The molecule has 2 aliphatic rings. The van der Waals surface area contributed by atoms with Crippen LogP contribution in [0.4, 0.5) is 11.4 Å². The summed E-state index contributed by atoms with van der Waals surface area (Å²) in [4.78, 5) is 40.7. The highest BCUT2D eigenvalue weighted by atomic mass is 35.5. The van der Waals surface area contributed by atoms with Gasteiger partial charge in [-0.3, -0.25) is 24.6 Å². The Morgan fingerprint density at radius 2 is 1.69 bits per heavy atom. The molecule has 7 nitrogen and oxygen atoms in total. The maximum Gasteiger partial charge on any atom is 0.270 e. The van der Waals surface area contributed by atoms with Gasteiger partial charge in [0.25, 0.3) is 17.5 Å². The number of rotatable bonds is 5. The zero-order valence-electron chi connectivity index (χ0n) is 18.9. The number of anilines is 1. The van der Waals surface area contributed by atoms with Gasteiger partial charge in [-0.05, 0) is 48.7 Å². The van der Waals surface area contributed by atoms with Crippen molar-refractivity contribution in [2.24, 2.45) is 0 Å². The second-order valence-corrected chi connectivity index (χ2v) is 9.43. The monoisotopic (exact) mass is 489 g/mol. The Kier molecular flexibility index (Phi) is 6.03. The largest absolute Gasteiger partial charge is 0.351 e. The summed E-state index contributed by atoms with van der Waals surface area (Å²) in [6.45, 7) is 0. The fraction of sp³-hybridized carbons (Fsp3) is 0.259. The van der Waals surface area contributed by atoms with E-state index in [1.165, 1.54) is 23.1 Å². The van der Waals surface area contributed by atoms with Gasteiger partial charge in [0.1, 0.15) is 0 Å². The molecule has 1 saturated carbocycles. The number of fused-ring (bicyclic) bond motifs is 1. The number of para-hydroxylation sites is 1. The number of hydrogen-bond donors (Lipinski definition) is 1. The molecular weight excluding hydrogens is 466 g/mol. The lowest BCUT2D eigenvalue weighted by molar-refractivity contribution is -0.384. The molecule has 2 amide bonds. The lowest BCUT2D eigenvalue weighted by Crippen LogP contribution is -2.57. The molecule has 0 spiro atoms. The quantitative estimate of drug-likeness (QED) is 0.373. The molecule has 178 valence electrons. The minimum atomic E-state index is -1.55. The Hall–Kier alpha value is -3.71. The van der Waals surface area contributed by atoms with Gasteiger partial charge in [0.15, 0.2) is 5.54 Å². The van der Waals surface area contributed by atoms with Crippen molar-refractivity contribution in [2.75, 3.05) is 4.90 Å². The van der Waals surface area contributed by atoms with Crippen LogP contribution < -0.4 is 10.2 Å². The summed E-state index contributed by atoms with van der Waals surface area (Å²) in [6, 6.07) is 19.9. The third-order valence-electron chi connectivity index (χ3n) is 6.92. The molecule has 1 fully saturated rings. The van der Waals surface area contributed by atoms with Crippen LogP contribution in [-0.4, -0.2) is 22.8 Å². The molecular formula is C27H24ClN3O4. The average molecular weight is 490 g/mol. The number of benzene rings is 3. The first-order valence-electron chi connectivity index (χ1n) is 11.7. The number of nitrogens with zero attached hydrogens (tertiary/aromatic N) is 2. The van der Waals surface area contributed by atoms with Crippen molar-refractivity contribution < 1.29 is 14.5 Å². The molecule has 5 rings (SSSR count). The maximum absolute atomic E-state index is 14.4. The number of carbonyl (C=O) groups is 2. The maximum atomic E-state index is 14.4. The van der Waals surface area contributed by atoms with Crippen molar-refractivity contribution in [1.82, 2.24) is 5.32 Å². The number of halogens is 1. The van der Waals surface area contributed by atoms with Crippen LogP contribution in [0.1, 0.15) is 53.6 Å². The first-order chi connectivity index (χ1) is 16.9. The summed E-state index contributed by atoms with van der Waals surface area (Å²) in [5, 5.41) is 15.2. The second kappa shape index (κ2) is 9.15. The lowest BCUT2D eigenvalue weighted by Gasteiger charge is -2.39. The van der Waals surface area contributed by atoms with Gasteiger partial charge < -0.3 is 5.32 Å². The number of amides is 2. The average Bonchev–Trinajstić information content (AvgIpc) is 3.14. The van der Waals surface area contributed by atoms with E-state index in [-0.39, 0.29) is 23.2 Å². The third kappa shape index (κ3) is 3.86. The summed E-state index contributed by atoms with van der Waals surface area (Å²) < 4.78 is 0. The van der Waals surface area contributed by atoms with Crippen LogP contribution in [0.2, 0.25) is 5.02 Å². The Labute approximate surface area is 207 Å². The zero-order valence-corrected chi connectivity index (χ0v) is 19.7. The minimum absolute atomic E-state index is 0.00440. The summed E-state index contributed by atoms with van der Waals surface area (Å²) in [7, 11) is 0. The first-order valence-corrected chi connectivity index (χ1v) is 12.1. The number of nitrogens with one attached hydrogen (secondary N) is 1. The molecule has 35 heavy (non-hydrogen) atoms. The van der Waals surface area contributed by atoms with E-state index in [0.717, 1.165) is 32.1 Å². The molecule has 1 atom stereocenters. The van der Waals surface area contributed by atoms with E-state index in [0.29, 0.717) is 21.8 Å². The van der Waals surface area contributed by atoms with Crippen LogP contribution in [-0.2, 0) is 10.3 Å². The number of hydrogen-bond acceptors (Lipinski definition) is 4. The Morgan fingerprint density at radius 3 is 2.34 bits per heavy atom. The molecule has 0 aromatic heterocycles. The molecule has 3 aromatic rings. The summed E-state index contributed by atoms with van der Waals surface area (Å²) in [5.41, 5.74) is -0.135. The highest BCUT2D eigenvalue weighted by Crippen LogP contribution is 2.48. The molecule has 8 heteroatoms. The van der Waals surface area contributed by atoms with Gasteiger partial charge in [-0.1, -0.05) is 61.2 Å². The predicted octanol–water partition coefficient (Wildman–Crippen LogP) is 5.60. The van der Waals surface area contributed by atoms with Crippen molar-refractivity contribution in [3.05, 3.63) is 105 Å². The van der Waals surface area contributed by atoms with Crippen molar-refractivity contribution in [3.8, 4) is 0 Å². The Bertz CT molecular complexity index is 1290. The molecule has 1 unspecified atom stereocenters. The molecule has 1 aliphatic heterocycles. The van der Waals surface area contributed by atoms with Crippen LogP contribution in [0.15, 0.2) is 72.8 Å². The van der Waals surface area contributed by atoms with Crippen LogP contribution in [0.3, 0.4) is 0 Å². The summed E-state index contributed by atoms with van der Waals surface area (Å²) in [5.74, 6) is -0.805.